The van der Waals surface area contributed by atoms with Crippen LogP contribution in [0.3, 0.4) is 0 Å². The van der Waals surface area contributed by atoms with Crippen molar-refractivity contribution in [1.29, 1.82) is 0 Å². The van der Waals surface area contributed by atoms with Crippen LogP contribution in [0.25, 0.3) is 0 Å². The monoisotopic (exact) mass is 362 g/mol. The molecular formula is C17H23BrN4. The summed E-state index contributed by atoms with van der Waals surface area (Å²) in [4.78, 5) is 8.88. The maximum Gasteiger partial charge on any atom is 0.136 e. The van der Waals surface area contributed by atoms with Gasteiger partial charge in [-0.15, -0.1) is 0 Å². The van der Waals surface area contributed by atoms with Gasteiger partial charge in [-0.1, -0.05) is 41.8 Å². The average molecular weight is 363 g/mol. The second-order valence-corrected chi connectivity index (χ2v) is 6.26. The van der Waals surface area contributed by atoms with Crippen molar-refractivity contribution < 1.29 is 0 Å². The van der Waals surface area contributed by atoms with Crippen LogP contribution in [0.2, 0.25) is 0 Å². The van der Waals surface area contributed by atoms with E-state index in [1.165, 1.54) is 18.4 Å². The Morgan fingerprint density at radius 1 is 1.05 bits per heavy atom. The Morgan fingerprint density at radius 3 is 2.55 bits per heavy atom. The van der Waals surface area contributed by atoms with Gasteiger partial charge in [0.1, 0.15) is 17.5 Å². The van der Waals surface area contributed by atoms with E-state index >= 15 is 0 Å². The fourth-order valence-electron chi connectivity index (χ4n) is 2.13. The van der Waals surface area contributed by atoms with E-state index in [-0.39, 0.29) is 0 Å². The third-order valence-electron chi connectivity index (χ3n) is 3.37. The molecule has 0 saturated carbocycles. The molecule has 1 aromatic carbocycles. The van der Waals surface area contributed by atoms with Crippen LogP contribution >= 0.6 is 15.9 Å². The van der Waals surface area contributed by atoms with E-state index in [0.717, 1.165) is 40.6 Å². The topological polar surface area (TPSA) is 49.8 Å². The Bertz CT molecular complexity index is 628. The summed E-state index contributed by atoms with van der Waals surface area (Å²) in [5, 5.41) is 6.70. The molecule has 0 aliphatic heterocycles. The van der Waals surface area contributed by atoms with Gasteiger partial charge < -0.3 is 10.6 Å². The van der Waals surface area contributed by atoms with Gasteiger partial charge >= 0.3 is 0 Å². The van der Waals surface area contributed by atoms with E-state index in [9.17, 15) is 0 Å². The van der Waals surface area contributed by atoms with Crippen LogP contribution in [0.15, 0.2) is 28.7 Å². The molecule has 1 heterocycles. The molecule has 2 rings (SSSR count). The smallest absolute Gasteiger partial charge is 0.136 e. The van der Waals surface area contributed by atoms with Crippen LogP contribution < -0.4 is 10.6 Å². The van der Waals surface area contributed by atoms with Crippen LogP contribution in [-0.4, -0.2) is 16.5 Å². The summed E-state index contributed by atoms with van der Waals surface area (Å²) in [5.74, 6) is 2.44. The van der Waals surface area contributed by atoms with Gasteiger partial charge in [0.25, 0.3) is 0 Å². The highest BCUT2D eigenvalue weighted by Crippen LogP contribution is 2.23. The van der Waals surface area contributed by atoms with Crippen molar-refractivity contribution in [2.75, 3.05) is 17.2 Å². The molecule has 0 radical (unpaired) electrons. The van der Waals surface area contributed by atoms with Gasteiger partial charge in [0, 0.05) is 22.8 Å². The Kier molecular flexibility index (Phi) is 6.19. The van der Waals surface area contributed by atoms with Crippen LogP contribution in [0.5, 0.6) is 0 Å². The SMILES string of the molecule is CCCCCNc1cc(Nc2ccc(C)c(Br)c2)nc(C)n1. The number of hydrogen-bond acceptors (Lipinski definition) is 4. The minimum absolute atomic E-state index is 0.758. The fourth-order valence-corrected chi connectivity index (χ4v) is 2.51. The highest BCUT2D eigenvalue weighted by molar-refractivity contribution is 9.10. The van der Waals surface area contributed by atoms with Gasteiger partial charge in [0.15, 0.2) is 0 Å². The highest BCUT2D eigenvalue weighted by atomic mass is 79.9. The van der Waals surface area contributed by atoms with Crippen LogP contribution in [0.1, 0.15) is 37.6 Å². The zero-order chi connectivity index (χ0) is 15.9. The third kappa shape index (κ3) is 4.98. The van der Waals surface area contributed by atoms with Gasteiger partial charge in [0.05, 0.1) is 0 Å². The molecule has 0 spiro atoms. The molecule has 4 nitrogen and oxygen atoms in total. The Hall–Kier alpha value is -1.62. The maximum atomic E-state index is 4.45. The molecule has 2 N–H and O–H groups in total. The number of nitrogens with one attached hydrogen (secondary N) is 2. The molecule has 2 aromatic rings. The normalized spacial score (nSPS) is 10.5. The molecule has 5 heteroatoms. The lowest BCUT2D eigenvalue weighted by molar-refractivity contribution is 0.742. The minimum Gasteiger partial charge on any atom is -0.370 e. The van der Waals surface area contributed by atoms with Gasteiger partial charge in [-0.3, -0.25) is 0 Å². The summed E-state index contributed by atoms with van der Waals surface area (Å²) in [7, 11) is 0. The van der Waals surface area contributed by atoms with Crippen molar-refractivity contribution in [2.24, 2.45) is 0 Å². The van der Waals surface area contributed by atoms with Crippen molar-refractivity contribution in [3.05, 3.63) is 40.1 Å². The second kappa shape index (κ2) is 8.13. The van der Waals surface area contributed by atoms with Gasteiger partial charge in [-0.25, -0.2) is 9.97 Å². The molecule has 0 saturated heterocycles. The maximum absolute atomic E-state index is 4.45. The zero-order valence-corrected chi connectivity index (χ0v) is 15.0. The molecule has 0 amide bonds. The third-order valence-corrected chi connectivity index (χ3v) is 4.22. The lowest BCUT2D eigenvalue weighted by Crippen LogP contribution is -2.06. The first-order chi connectivity index (χ1) is 10.6. The minimum atomic E-state index is 0.758. The van der Waals surface area contributed by atoms with E-state index in [4.69, 9.17) is 0 Å². The van der Waals surface area contributed by atoms with E-state index in [1.807, 2.05) is 19.1 Å². The molecular weight excluding hydrogens is 340 g/mol. The second-order valence-electron chi connectivity index (χ2n) is 5.41. The molecule has 0 aliphatic carbocycles. The number of hydrogen-bond donors (Lipinski definition) is 2. The number of aryl methyl sites for hydroxylation is 2. The number of rotatable bonds is 7. The lowest BCUT2D eigenvalue weighted by Gasteiger charge is -2.11. The summed E-state index contributed by atoms with van der Waals surface area (Å²) in [6.07, 6.45) is 3.62. The molecule has 0 atom stereocenters. The first kappa shape index (κ1) is 16.7. The quantitative estimate of drug-likeness (QED) is 0.664. The summed E-state index contributed by atoms with van der Waals surface area (Å²) in [6.45, 7) is 7.13. The number of anilines is 3. The summed E-state index contributed by atoms with van der Waals surface area (Å²) >= 11 is 3.55. The van der Waals surface area contributed by atoms with Crippen LogP contribution in [-0.2, 0) is 0 Å². The van der Waals surface area contributed by atoms with E-state index in [1.54, 1.807) is 0 Å². The predicted octanol–water partition coefficient (Wildman–Crippen LogP) is 5.20. The van der Waals surface area contributed by atoms with Crippen molar-refractivity contribution in [1.82, 2.24) is 9.97 Å². The number of nitrogens with zero attached hydrogens (tertiary/aromatic N) is 2. The first-order valence-corrected chi connectivity index (χ1v) is 8.50. The number of halogens is 1. The van der Waals surface area contributed by atoms with E-state index < -0.39 is 0 Å². The van der Waals surface area contributed by atoms with Crippen LogP contribution in [0.4, 0.5) is 17.3 Å². The summed E-state index contributed by atoms with van der Waals surface area (Å²) in [6, 6.07) is 8.13. The van der Waals surface area contributed by atoms with Gasteiger partial charge in [0.2, 0.25) is 0 Å². The summed E-state index contributed by atoms with van der Waals surface area (Å²) in [5.41, 5.74) is 2.22. The molecule has 0 unspecified atom stereocenters. The largest absolute Gasteiger partial charge is 0.370 e. The molecule has 118 valence electrons. The summed E-state index contributed by atoms with van der Waals surface area (Å²) < 4.78 is 1.08. The standard InChI is InChI=1S/C17H23BrN4/c1-4-5-6-9-19-16-11-17(21-13(3)20-16)22-14-8-7-12(2)15(18)10-14/h7-8,10-11H,4-6,9H2,1-3H3,(H2,19,20,21,22). The predicted molar refractivity (Wildman–Crippen MR) is 96.9 cm³/mol. The Balaban J connectivity index is 2.06. The molecule has 1 aromatic heterocycles. The first-order valence-electron chi connectivity index (χ1n) is 7.71. The molecule has 0 fully saturated rings. The van der Waals surface area contributed by atoms with Gasteiger partial charge in [-0.05, 0) is 38.0 Å². The van der Waals surface area contributed by atoms with Crippen molar-refractivity contribution in [3.8, 4) is 0 Å². The van der Waals surface area contributed by atoms with Crippen LogP contribution in [0, 0.1) is 13.8 Å². The lowest BCUT2D eigenvalue weighted by atomic mass is 10.2. The van der Waals surface area contributed by atoms with E-state index in [0.29, 0.717) is 0 Å². The zero-order valence-electron chi connectivity index (χ0n) is 13.4. The Labute approximate surface area is 140 Å². The van der Waals surface area contributed by atoms with E-state index in [2.05, 4.69) is 62.5 Å². The van der Waals surface area contributed by atoms with Crippen molar-refractivity contribution >= 4 is 33.3 Å². The molecule has 0 bridgehead atoms. The van der Waals surface area contributed by atoms with Gasteiger partial charge in [-0.2, -0.15) is 0 Å². The van der Waals surface area contributed by atoms with Crippen molar-refractivity contribution in [2.45, 2.75) is 40.0 Å². The Morgan fingerprint density at radius 2 is 1.82 bits per heavy atom. The molecule has 22 heavy (non-hydrogen) atoms. The average Bonchev–Trinajstić information content (AvgIpc) is 2.47. The number of unbranched alkanes of at least 4 members (excludes halogenated alkanes) is 2. The number of aromatic nitrogens is 2. The number of benzene rings is 1. The molecule has 0 aliphatic rings. The highest BCUT2D eigenvalue weighted by Gasteiger charge is 2.03. The fraction of sp³-hybridized carbons (Fsp3) is 0.412. The van der Waals surface area contributed by atoms with Crippen molar-refractivity contribution in [3.63, 3.8) is 0 Å².